The molecule has 0 aliphatic carbocycles. The highest BCUT2D eigenvalue weighted by molar-refractivity contribution is 9.10. The SMILES string of the molecule is O=c1c(Cl)c(Oc2cncc(Br)c2)cnn1-c1ccc(C(F)(F)F)cn1. The number of rotatable bonds is 3. The lowest BCUT2D eigenvalue weighted by Gasteiger charge is -2.10. The molecule has 0 atom stereocenters. The molecule has 0 amide bonds. The third-order valence-electron chi connectivity index (χ3n) is 3.09. The Hall–Kier alpha value is -2.46. The molecular weight excluding hydrogens is 441 g/mol. The normalized spacial score (nSPS) is 11.4. The Bertz CT molecular complexity index is 1010. The molecule has 3 aromatic rings. The molecule has 0 bridgehead atoms. The Morgan fingerprint density at radius 1 is 1.15 bits per heavy atom. The van der Waals surface area contributed by atoms with E-state index in [2.05, 4.69) is 31.0 Å². The van der Waals surface area contributed by atoms with Crippen LogP contribution in [0.1, 0.15) is 5.56 Å². The van der Waals surface area contributed by atoms with Gasteiger partial charge in [0.1, 0.15) is 5.75 Å². The zero-order valence-corrected chi connectivity index (χ0v) is 14.9. The lowest BCUT2D eigenvalue weighted by molar-refractivity contribution is -0.137. The molecular formula is C15H7BrClF3N4O2. The van der Waals surface area contributed by atoms with Gasteiger partial charge in [-0.1, -0.05) is 11.6 Å². The average molecular weight is 448 g/mol. The minimum absolute atomic E-state index is 0.0280. The van der Waals surface area contributed by atoms with Crippen molar-refractivity contribution in [1.29, 1.82) is 0 Å². The lowest BCUT2D eigenvalue weighted by atomic mass is 10.3. The molecule has 0 spiro atoms. The molecule has 3 heterocycles. The van der Waals surface area contributed by atoms with Crippen LogP contribution in [0, 0.1) is 0 Å². The smallest absolute Gasteiger partial charge is 0.417 e. The third kappa shape index (κ3) is 3.86. The molecule has 0 fully saturated rings. The molecule has 0 saturated heterocycles. The summed E-state index contributed by atoms with van der Waals surface area (Å²) in [5.41, 5.74) is -1.73. The van der Waals surface area contributed by atoms with Crippen molar-refractivity contribution in [1.82, 2.24) is 19.7 Å². The standard InChI is InChI=1S/C15H7BrClF3N4O2/c16-9-3-10(6-21-5-9)26-11-7-23-24(14(25)13(11)17)12-2-1-8(4-22-12)15(18,19)20/h1-7H. The summed E-state index contributed by atoms with van der Waals surface area (Å²) < 4.78 is 44.6. The summed E-state index contributed by atoms with van der Waals surface area (Å²) >= 11 is 9.23. The van der Waals surface area contributed by atoms with Crippen LogP contribution >= 0.6 is 27.5 Å². The molecule has 0 N–H and O–H groups in total. The van der Waals surface area contributed by atoms with Crippen LogP contribution in [-0.4, -0.2) is 19.7 Å². The maximum Gasteiger partial charge on any atom is 0.417 e. The van der Waals surface area contributed by atoms with Gasteiger partial charge in [-0.15, -0.1) is 0 Å². The number of hydrogen-bond donors (Lipinski definition) is 0. The van der Waals surface area contributed by atoms with Gasteiger partial charge < -0.3 is 4.74 Å². The van der Waals surface area contributed by atoms with Crippen molar-refractivity contribution in [2.45, 2.75) is 6.18 Å². The molecule has 0 saturated carbocycles. The second-order valence-corrected chi connectivity index (χ2v) is 6.18. The van der Waals surface area contributed by atoms with Crippen LogP contribution in [0.15, 0.2) is 52.3 Å². The first-order valence-corrected chi connectivity index (χ1v) is 8.02. The average Bonchev–Trinajstić information content (AvgIpc) is 2.59. The largest absolute Gasteiger partial charge is 0.452 e. The first-order valence-electron chi connectivity index (χ1n) is 6.85. The minimum Gasteiger partial charge on any atom is -0.452 e. The van der Waals surface area contributed by atoms with Crippen LogP contribution in [-0.2, 0) is 6.18 Å². The number of hydrogen-bond acceptors (Lipinski definition) is 5. The Morgan fingerprint density at radius 3 is 2.54 bits per heavy atom. The van der Waals surface area contributed by atoms with E-state index in [9.17, 15) is 18.0 Å². The van der Waals surface area contributed by atoms with Crippen molar-refractivity contribution in [3.63, 3.8) is 0 Å². The van der Waals surface area contributed by atoms with E-state index in [0.29, 0.717) is 16.4 Å². The van der Waals surface area contributed by atoms with Gasteiger partial charge >= 0.3 is 6.18 Å². The van der Waals surface area contributed by atoms with E-state index in [1.807, 2.05) is 0 Å². The Kier molecular flexibility index (Phi) is 4.97. The number of pyridine rings is 2. The second kappa shape index (κ2) is 7.04. The predicted molar refractivity (Wildman–Crippen MR) is 89.7 cm³/mol. The fraction of sp³-hybridized carbons (Fsp3) is 0.0667. The molecule has 26 heavy (non-hydrogen) atoms. The monoisotopic (exact) mass is 446 g/mol. The predicted octanol–water partition coefficient (Wildman–Crippen LogP) is 4.25. The minimum atomic E-state index is -4.53. The van der Waals surface area contributed by atoms with Crippen LogP contribution in [0.4, 0.5) is 13.2 Å². The molecule has 0 aliphatic heterocycles. The van der Waals surface area contributed by atoms with Crippen molar-refractivity contribution in [3.8, 4) is 17.3 Å². The number of nitrogens with zero attached hydrogens (tertiary/aromatic N) is 4. The van der Waals surface area contributed by atoms with E-state index < -0.39 is 17.3 Å². The summed E-state index contributed by atoms with van der Waals surface area (Å²) in [6.45, 7) is 0. The molecule has 6 nitrogen and oxygen atoms in total. The van der Waals surface area contributed by atoms with Crippen LogP contribution in [0.25, 0.3) is 5.82 Å². The summed E-state index contributed by atoms with van der Waals surface area (Å²) in [6, 6.07) is 3.42. The van der Waals surface area contributed by atoms with Gasteiger partial charge in [-0.25, -0.2) is 4.98 Å². The van der Waals surface area contributed by atoms with E-state index in [4.69, 9.17) is 16.3 Å². The Morgan fingerprint density at radius 2 is 1.92 bits per heavy atom. The van der Waals surface area contributed by atoms with Crippen LogP contribution in [0.2, 0.25) is 5.02 Å². The summed E-state index contributed by atoms with van der Waals surface area (Å²) in [6.07, 6.45) is 0.182. The van der Waals surface area contributed by atoms with Crippen molar-refractivity contribution >= 4 is 27.5 Å². The van der Waals surface area contributed by atoms with Crippen molar-refractivity contribution < 1.29 is 17.9 Å². The summed E-state index contributed by atoms with van der Waals surface area (Å²) in [7, 11) is 0. The molecule has 0 aliphatic rings. The number of alkyl halides is 3. The van der Waals surface area contributed by atoms with Gasteiger partial charge in [0.05, 0.1) is 18.0 Å². The molecule has 0 aromatic carbocycles. The maximum atomic E-state index is 12.6. The number of ether oxygens (including phenoxy) is 1. The van der Waals surface area contributed by atoms with Crippen LogP contribution in [0.3, 0.4) is 0 Å². The Labute approximate surface area is 157 Å². The van der Waals surface area contributed by atoms with Crippen LogP contribution in [0.5, 0.6) is 11.5 Å². The summed E-state index contributed by atoms with van der Waals surface area (Å²) in [5, 5.41) is 3.53. The maximum absolute atomic E-state index is 12.6. The summed E-state index contributed by atoms with van der Waals surface area (Å²) in [5.74, 6) is 0.174. The molecule has 3 aromatic heterocycles. The highest BCUT2D eigenvalue weighted by atomic mass is 79.9. The van der Waals surface area contributed by atoms with E-state index >= 15 is 0 Å². The zero-order valence-electron chi connectivity index (χ0n) is 12.5. The van der Waals surface area contributed by atoms with Crippen molar-refractivity contribution in [2.75, 3.05) is 0 Å². The highest BCUT2D eigenvalue weighted by Gasteiger charge is 2.30. The van der Waals surface area contributed by atoms with E-state index in [-0.39, 0.29) is 16.6 Å². The van der Waals surface area contributed by atoms with E-state index in [1.54, 1.807) is 12.3 Å². The lowest BCUT2D eigenvalue weighted by Crippen LogP contribution is -2.23. The first kappa shape index (κ1) is 18.3. The highest BCUT2D eigenvalue weighted by Crippen LogP contribution is 2.29. The van der Waals surface area contributed by atoms with E-state index in [1.165, 1.54) is 6.20 Å². The molecule has 134 valence electrons. The van der Waals surface area contributed by atoms with Gasteiger partial charge in [-0.2, -0.15) is 23.0 Å². The second-order valence-electron chi connectivity index (χ2n) is 4.88. The molecule has 0 unspecified atom stereocenters. The van der Waals surface area contributed by atoms with E-state index in [0.717, 1.165) is 23.0 Å². The fourth-order valence-electron chi connectivity index (χ4n) is 1.91. The van der Waals surface area contributed by atoms with Gasteiger partial charge in [0.15, 0.2) is 16.6 Å². The third-order valence-corrected chi connectivity index (χ3v) is 3.87. The summed E-state index contributed by atoms with van der Waals surface area (Å²) in [4.78, 5) is 19.8. The van der Waals surface area contributed by atoms with Gasteiger partial charge in [-0.05, 0) is 34.1 Å². The quantitative estimate of drug-likeness (QED) is 0.600. The van der Waals surface area contributed by atoms with Gasteiger partial charge in [0, 0.05) is 16.9 Å². The number of halogens is 5. The molecule has 3 rings (SSSR count). The molecule has 11 heteroatoms. The van der Waals surface area contributed by atoms with Gasteiger partial charge in [-0.3, -0.25) is 9.78 Å². The fourth-order valence-corrected chi connectivity index (χ4v) is 2.42. The molecule has 0 radical (unpaired) electrons. The Balaban J connectivity index is 1.94. The zero-order chi connectivity index (χ0) is 18.9. The van der Waals surface area contributed by atoms with Crippen molar-refractivity contribution in [2.24, 2.45) is 0 Å². The van der Waals surface area contributed by atoms with Crippen molar-refractivity contribution in [3.05, 3.63) is 68.4 Å². The first-order chi connectivity index (χ1) is 12.3. The number of aromatic nitrogens is 4. The van der Waals surface area contributed by atoms with Gasteiger partial charge in [0.2, 0.25) is 0 Å². The topological polar surface area (TPSA) is 69.9 Å². The van der Waals surface area contributed by atoms with Crippen LogP contribution < -0.4 is 10.3 Å². The van der Waals surface area contributed by atoms with Gasteiger partial charge in [0.25, 0.3) is 5.56 Å².